The van der Waals surface area contributed by atoms with Gasteiger partial charge in [0.25, 0.3) is 0 Å². The normalized spacial score (nSPS) is 17.2. The van der Waals surface area contributed by atoms with Crippen LogP contribution in [0.2, 0.25) is 0 Å². The van der Waals surface area contributed by atoms with Gasteiger partial charge >= 0.3 is 0 Å². The molecule has 0 aliphatic carbocycles. The summed E-state index contributed by atoms with van der Waals surface area (Å²) in [4.78, 5) is 4.88. The molecule has 0 saturated carbocycles. The lowest BCUT2D eigenvalue weighted by Gasteiger charge is -2.33. The molecule has 0 radical (unpaired) electrons. The number of piperazine rings is 1. The molecule has 8 nitrogen and oxygen atoms in total. The lowest BCUT2D eigenvalue weighted by atomic mass is 10.3. The summed E-state index contributed by atoms with van der Waals surface area (Å²) in [5.74, 6) is 0. The van der Waals surface area contributed by atoms with Gasteiger partial charge in [0.15, 0.2) is 0 Å². The molecule has 0 bridgehead atoms. The standard InChI is InChI=1S/C15H22N6O2S/c1-2-19-7-9-20(10-8-19)11-13-12-21(18-17-13)14-3-5-15(6-4-14)24(16,22)23/h3-6,12H,2,7-11H2,1H3,(H2,16,22,23). The third-order valence-corrected chi connectivity index (χ3v) is 5.20. The quantitative estimate of drug-likeness (QED) is 0.818. The third kappa shape index (κ3) is 3.99. The fourth-order valence-electron chi connectivity index (χ4n) is 2.78. The smallest absolute Gasteiger partial charge is 0.238 e. The van der Waals surface area contributed by atoms with Crippen LogP contribution >= 0.6 is 0 Å². The highest BCUT2D eigenvalue weighted by atomic mass is 32.2. The van der Waals surface area contributed by atoms with E-state index in [1.54, 1.807) is 16.8 Å². The third-order valence-electron chi connectivity index (χ3n) is 4.27. The van der Waals surface area contributed by atoms with Crippen LogP contribution in [0, 0.1) is 0 Å². The van der Waals surface area contributed by atoms with Crippen LogP contribution in [0.25, 0.3) is 5.69 Å². The van der Waals surface area contributed by atoms with Crippen LogP contribution in [-0.2, 0) is 16.6 Å². The molecule has 1 aliphatic heterocycles. The molecule has 1 fully saturated rings. The summed E-state index contributed by atoms with van der Waals surface area (Å²) in [6.45, 7) is 8.28. The van der Waals surface area contributed by atoms with Crippen LogP contribution in [0.15, 0.2) is 35.4 Å². The average molecular weight is 350 g/mol. The Balaban J connectivity index is 1.65. The number of nitrogens with two attached hydrogens (primary N) is 1. The molecule has 1 aromatic heterocycles. The van der Waals surface area contributed by atoms with Crippen molar-refractivity contribution >= 4 is 10.0 Å². The number of aromatic nitrogens is 3. The molecule has 0 atom stereocenters. The predicted molar refractivity (Wildman–Crippen MR) is 90.1 cm³/mol. The van der Waals surface area contributed by atoms with E-state index in [1.807, 2.05) is 6.20 Å². The predicted octanol–water partition coefficient (Wildman–Crippen LogP) is 0.0522. The van der Waals surface area contributed by atoms with Gasteiger partial charge in [0, 0.05) is 32.7 Å². The van der Waals surface area contributed by atoms with Gasteiger partial charge in [-0.1, -0.05) is 12.1 Å². The van der Waals surface area contributed by atoms with E-state index in [0.717, 1.165) is 50.6 Å². The Labute approximate surface area is 141 Å². The molecule has 0 unspecified atom stereocenters. The molecule has 0 amide bonds. The fourth-order valence-corrected chi connectivity index (χ4v) is 3.29. The van der Waals surface area contributed by atoms with Crippen molar-refractivity contribution in [3.63, 3.8) is 0 Å². The Hall–Kier alpha value is -1.81. The topological polar surface area (TPSA) is 97.3 Å². The van der Waals surface area contributed by atoms with Crippen molar-refractivity contribution in [2.24, 2.45) is 5.14 Å². The SMILES string of the molecule is CCN1CCN(Cc2cn(-c3ccc(S(N)(=O)=O)cc3)nn2)CC1. The Morgan fingerprint density at radius 2 is 1.71 bits per heavy atom. The Bertz CT molecular complexity index is 779. The van der Waals surface area contributed by atoms with Gasteiger partial charge in [0.05, 0.1) is 22.5 Å². The van der Waals surface area contributed by atoms with E-state index in [2.05, 4.69) is 27.0 Å². The highest BCUT2D eigenvalue weighted by Gasteiger charge is 2.17. The number of benzene rings is 1. The van der Waals surface area contributed by atoms with Crippen LogP contribution in [0.5, 0.6) is 0 Å². The molecular weight excluding hydrogens is 328 g/mol. The summed E-state index contributed by atoms with van der Waals surface area (Å²) in [6, 6.07) is 6.27. The monoisotopic (exact) mass is 350 g/mol. The van der Waals surface area contributed by atoms with Gasteiger partial charge < -0.3 is 4.90 Å². The van der Waals surface area contributed by atoms with Crippen LogP contribution in [-0.4, -0.2) is 65.9 Å². The number of hydrogen-bond acceptors (Lipinski definition) is 6. The molecule has 3 rings (SSSR count). The Kier molecular flexibility index (Phi) is 4.95. The molecule has 2 heterocycles. The van der Waals surface area contributed by atoms with Crippen molar-refractivity contribution in [3.8, 4) is 5.69 Å². The van der Waals surface area contributed by atoms with Gasteiger partial charge in [-0.15, -0.1) is 5.10 Å². The number of nitrogens with zero attached hydrogens (tertiary/aromatic N) is 5. The second kappa shape index (κ2) is 6.98. The average Bonchev–Trinajstić information content (AvgIpc) is 3.03. The first-order chi connectivity index (χ1) is 11.5. The molecule has 1 aliphatic rings. The summed E-state index contributed by atoms with van der Waals surface area (Å²) in [5, 5.41) is 13.4. The van der Waals surface area contributed by atoms with Crippen molar-refractivity contribution < 1.29 is 8.42 Å². The van der Waals surface area contributed by atoms with Crippen molar-refractivity contribution in [1.29, 1.82) is 0 Å². The number of primary sulfonamides is 1. The van der Waals surface area contributed by atoms with Crippen LogP contribution in [0.1, 0.15) is 12.6 Å². The highest BCUT2D eigenvalue weighted by molar-refractivity contribution is 7.89. The van der Waals surface area contributed by atoms with E-state index in [1.165, 1.54) is 12.1 Å². The molecule has 130 valence electrons. The van der Waals surface area contributed by atoms with Crippen molar-refractivity contribution in [3.05, 3.63) is 36.2 Å². The van der Waals surface area contributed by atoms with Crippen molar-refractivity contribution in [2.75, 3.05) is 32.7 Å². The first-order valence-electron chi connectivity index (χ1n) is 7.95. The molecule has 2 N–H and O–H groups in total. The highest BCUT2D eigenvalue weighted by Crippen LogP contribution is 2.13. The molecule has 1 saturated heterocycles. The van der Waals surface area contributed by atoms with Gasteiger partial charge in [0.2, 0.25) is 10.0 Å². The number of sulfonamides is 1. The second-order valence-corrected chi connectivity index (χ2v) is 7.47. The van der Waals surface area contributed by atoms with Gasteiger partial charge in [0.1, 0.15) is 0 Å². The fraction of sp³-hybridized carbons (Fsp3) is 0.467. The molecule has 1 aromatic carbocycles. The van der Waals surface area contributed by atoms with E-state index >= 15 is 0 Å². The second-order valence-electron chi connectivity index (χ2n) is 5.90. The molecule has 2 aromatic rings. The molecule has 0 spiro atoms. The molecule has 9 heteroatoms. The summed E-state index contributed by atoms with van der Waals surface area (Å²) in [6.07, 6.45) is 1.87. The number of hydrogen-bond donors (Lipinski definition) is 1. The summed E-state index contributed by atoms with van der Waals surface area (Å²) < 4.78 is 24.2. The number of rotatable bonds is 5. The van der Waals surface area contributed by atoms with E-state index in [-0.39, 0.29) is 4.90 Å². The summed E-state index contributed by atoms with van der Waals surface area (Å²) in [7, 11) is -3.68. The zero-order chi connectivity index (χ0) is 17.2. The maximum absolute atomic E-state index is 11.3. The lowest BCUT2D eigenvalue weighted by Crippen LogP contribution is -2.45. The van der Waals surface area contributed by atoms with Crippen LogP contribution in [0.4, 0.5) is 0 Å². The zero-order valence-electron chi connectivity index (χ0n) is 13.7. The van der Waals surface area contributed by atoms with E-state index in [4.69, 9.17) is 5.14 Å². The zero-order valence-corrected chi connectivity index (χ0v) is 14.5. The summed E-state index contributed by atoms with van der Waals surface area (Å²) in [5.41, 5.74) is 1.65. The first kappa shape index (κ1) is 17.0. The van der Waals surface area contributed by atoms with E-state index < -0.39 is 10.0 Å². The maximum Gasteiger partial charge on any atom is 0.238 e. The largest absolute Gasteiger partial charge is 0.301 e. The Morgan fingerprint density at radius 1 is 1.08 bits per heavy atom. The minimum Gasteiger partial charge on any atom is -0.301 e. The number of likely N-dealkylation sites (N-methyl/N-ethyl adjacent to an activating group) is 1. The maximum atomic E-state index is 11.3. The van der Waals surface area contributed by atoms with Gasteiger partial charge in [-0.05, 0) is 30.8 Å². The Morgan fingerprint density at radius 3 is 2.29 bits per heavy atom. The van der Waals surface area contributed by atoms with Gasteiger partial charge in [-0.25, -0.2) is 18.2 Å². The van der Waals surface area contributed by atoms with E-state index in [0.29, 0.717) is 0 Å². The first-order valence-corrected chi connectivity index (χ1v) is 9.49. The van der Waals surface area contributed by atoms with Gasteiger partial charge in [-0.2, -0.15) is 0 Å². The summed E-state index contributed by atoms with van der Waals surface area (Å²) >= 11 is 0. The van der Waals surface area contributed by atoms with Crippen LogP contribution in [0.3, 0.4) is 0 Å². The lowest BCUT2D eigenvalue weighted by molar-refractivity contribution is 0.131. The van der Waals surface area contributed by atoms with Crippen molar-refractivity contribution in [1.82, 2.24) is 24.8 Å². The minimum atomic E-state index is -3.68. The minimum absolute atomic E-state index is 0.0837. The molecule has 24 heavy (non-hydrogen) atoms. The van der Waals surface area contributed by atoms with Crippen LogP contribution < -0.4 is 5.14 Å². The van der Waals surface area contributed by atoms with Gasteiger partial charge in [-0.3, -0.25) is 4.90 Å². The van der Waals surface area contributed by atoms with E-state index in [9.17, 15) is 8.42 Å². The van der Waals surface area contributed by atoms with Crippen molar-refractivity contribution in [2.45, 2.75) is 18.4 Å². The molecular formula is C15H22N6O2S.